The van der Waals surface area contributed by atoms with Crippen LogP contribution in [0.5, 0.6) is 0 Å². The number of allylic oxidation sites excluding steroid dienone is 1. The van der Waals surface area contributed by atoms with Crippen LogP contribution in [0.3, 0.4) is 0 Å². The Morgan fingerprint density at radius 1 is 1.19 bits per heavy atom. The van der Waals surface area contributed by atoms with Crippen LogP contribution in [0, 0.1) is 6.92 Å². The van der Waals surface area contributed by atoms with Crippen molar-refractivity contribution >= 4 is 29.1 Å². The predicted molar refractivity (Wildman–Crippen MR) is 103 cm³/mol. The Kier molecular flexibility index (Phi) is 4.85. The van der Waals surface area contributed by atoms with Gasteiger partial charge in [0.1, 0.15) is 11.3 Å². The van der Waals surface area contributed by atoms with Crippen molar-refractivity contribution in [2.45, 2.75) is 13.3 Å². The van der Waals surface area contributed by atoms with Crippen LogP contribution < -0.4 is 5.43 Å². The summed E-state index contributed by atoms with van der Waals surface area (Å²) in [6.45, 7) is 5.71. The molecule has 0 saturated heterocycles. The van der Waals surface area contributed by atoms with E-state index in [9.17, 15) is 9.59 Å². The van der Waals surface area contributed by atoms with Gasteiger partial charge >= 0.3 is 5.97 Å². The molecule has 0 aliphatic carbocycles. The second-order valence-electron chi connectivity index (χ2n) is 5.97. The summed E-state index contributed by atoms with van der Waals surface area (Å²) in [5, 5.41) is 9.40. The zero-order chi connectivity index (χ0) is 18.7. The number of carboxylic acids is 1. The van der Waals surface area contributed by atoms with Crippen LogP contribution in [-0.4, -0.2) is 11.1 Å². The molecule has 3 rings (SSSR count). The van der Waals surface area contributed by atoms with E-state index >= 15 is 0 Å². The molecule has 1 N–H and O–H groups in total. The van der Waals surface area contributed by atoms with Crippen LogP contribution in [0.1, 0.15) is 32.8 Å². The number of rotatable bonds is 5. The third kappa shape index (κ3) is 3.35. The lowest BCUT2D eigenvalue weighted by Crippen LogP contribution is -2.11. The summed E-state index contributed by atoms with van der Waals surface area (Å²) in [5.41, 5.74) is 2.78. The van der Waals surface area contributed by atoms with Gasteiger partial charge in [0.25, 0.3) is 0 Å². The van der Waals surface area contributed by atoms with Crippen molar-refractivity contribution in [2.75, 3.05) is 0 Å². The van der Waals surface area contributed by atoms with Gasteiger partial charge in [0.05, 0.1) is 10.9 Å². The smallest absolute Gasteiger partial charge is 0.335 e. The monoisotopic (exact) mass is 346 g/mol. The van der Waals surface area contributed by atoms with Crippen molar-refractivity contribution in [1.82, 2.24) is 0 Å². The summed E-state index contributed by atoms with van der Waals surface area (Å²) in [4.78, 5) is 24.0. The van der Waals surface area contributed by atoms with Crippen molar-refractivity contribution in [3.8, 4) is 0 Å². The fraction of sp³-hybridized carbons (Fsp3) is 0.0909. The third-order valence-electron chi connectivity index (χ3n) is 4.21. The first-order valence-electron chi connectivity index (χ1n) is 8.19. The lowest BCUT2D eigenvalue weighted by Gasteiger charge is -2.07. The van der Waals surface area contributed by atoms with Crippen LogP contribution in [0.4, 0.5) is 0 Å². The Labute approximate surface area is 150 Å². The van der Waals surface area contributed by atoms with Crippen LogP contribution in [0.15, 0.2) is 64.3 Å². The molecule has 0 fully saturated rings. The van der Waals surface area contributed by atoms with Gasteiger partial charge in [-0.05, 0) is 48.7 Å². The van der Waals surface area contributed by atoms with E-state index in [2.05, 4.69) is 6.58 Å². The minimum atomic E-state index is -1.08. The normalized spacial score (nSPS) is 11.1. The molecular formula is C22H18O4. The number of carboxylic acid groups (broad SMARTS) is 1. The number of fused-ring (bicyclic) bond motifs is 1. The largest absolute Gasteiger partial charge is 0.478 e. The van der Waals surface area contributed by atoms with Crippen molar-refractivity contribution in [2.24, 2.45) is 0 Å². The van der Waals surface area contributed by atoms with Crippen LogP contribution in [0.25, 0.3) is 23.1 Å². The van der Waals surface area contributed by atoms with E-state index in [0.717, 1.165) is 11.1 Å². The van der Waals surface area contributed by atoms with Crippen molar-refractivity contribution in [1.29, 1.82) is 0 Å². The van der Waals surface area contributed by atoms with Crippen molar-refractivity contribution in [3.63, 3.8) is 0 Å². The molecule has 3 aromatic rings. The van der Waals surface area contributed by atoms with E-state index in [0.29, 0.717) is 23.3 Å². The van der Waals surface area contributed by atoms with Crippen molar-refractivity contribution < 1.29 is 14.3 Å². The lowest BCUT2D eigenvalue weighted by atomic mass is 10.0. The van der Waals surface area contributed by atoms with Gasteiger partial charge < -0.3 is 9.52 Å². The van der Waals surface area contributed by atoms with E-state index in [1.165, 1.54) is 18.2 Å². The zero-order valence-corrected chi connectivity index (χ0v) is 14.4. The summed E-state index contributed by atoms with van der Waals surface area (Å²) < 4.78 is 5.90. The minimum Gasteiger partial charge on any atom is -0.478 e. The third-order valence-corrected chi connectivity index (χ3v) is 4.21. The van der Waals surface area contributed by atoms with Gasteiger partial charge in [0.2, 0.25) is 0 Å². The lowest BCUT2D eigenvalue weighted by molar-refractivity contribution is 0.0697. The molecule has 0 unspecified atom stereocenters. The number of hydrogen-bond acceptors (Lipinski definition) is 3. The average Bonchev–Trinajstić information content (AvgIpc) is 2.63. The Bertz CT molecular complexity index is 1090. The van der Waals surface area contributed by atoms with Gasteiger partial charge in [0, 0.05) is 5.56 Å². The molecule has 4 heteroatoms. The van der Waals surface area contributed by atoms with Gasteiger partial charge in [-0.25, -0.2) is 4.79 Å². The molecule has 26 heavy (non-hydrogen) atoms. The predicted octanol–water partition coefficient (Wildman–Crippen LogP) is 4.70. The topological polar surface area (TPSA) is 67.5 Å². The molecule has 1 heterocycles. The summed E-state index contributed by atoms with van der Waals surface area (Å²) >= 11 is 0. The quantitative estimate of drug-likeness (QED) is 0.680. The van der Waals surface area contributed by atoms with Crippen LogP contribution >= 0.6 is 0 Å². The number of aromatic carboxylic acids is 1. The maximum atomic E-state index is 12.9. The van der Waals surface area contributed by atoms with E-state index in [1.807, 2.05) is 37.3 Å². The van der Waals surface area contributed by atoms with Crippen LogP contribution in [0.2, 0.25) is 0 Å². The maximum absolute atomic E-state index is 12.9. The molecular weight excluding hydrogens is 328 g/mol. The van der Waals surface area contributed by atoms with E-state index < -0.39 is 5.97 Å². The molecule has 1 aromatic heterocycles. The molecule has 0 bridgehead atoms. The molecule has 0 aliphatic heterocycles. The van der Waals surface area contributed by atoms with E-state index in [-0.39, 0.29) is 16.4 Å². The molecule has 0 amide bonds. The number of aryl methyl sites for hydroxylation is 1. The average molecular weight is 346 g/mol. The number of carbonyl (C=O) groups is 1. The second-order valence-corrected chi connectivity index (χ2v) is 5.97. The summed E-state index contributed by atoms with van der Waals surface area (Å²) in [6.07, 6.45) is 5.64. The van der Waals surface area contributed by atoms with Gasteiger partial charge in [0.15, 0.2) is 5.43 Å². The molecule has 2 aromatic carbocycles. The highest BCUT2D eigenvalue weighted by atomic mass is 16.4. The van der Waals surface area contributed by atoms with Crippen LogP contribution in [-0.2, 0) is 6.42 Å². The van der Waals surface area contributed by atoms with E-state index in [4.69, 9.17) is 9.52 Å². The maximum Gasteiger partial charge on any atom is 0.335 e. The molecule has 0 spiro atoms. The van der Waals surface area contributed by atoms with E-state index in [1.54, 1.807) is 12.2 Å². The minimum absolute atomic E-state index is 0.0533. The molecule has 0 radical (unpaired) electrons. The first-order valence-corrected chi connectivity index (χ1v) is 8.19. The first kappa shape index (κ1) is 17.4. The molecule has 0 saturated carbocycles. The molecule has 130 valence electrons. The Morgan fingerprint density at radius 3 is 2.65 bits per heavy atom. The zero-order valence-electron chi connectivity index (χ0n) is 14.4. The highest BCUT2D eigenvalue weighted by Crippen LogP contribution is 2.21. The summed E-state index contributed by atoms with van der Waals surface area (Å²) in [5.74, 6) is -0.631. The van der Waals surface area contributed by atoms with Gasteiger partial charge in [-0.2, -0.15) is 0 Å². The van der Waals surface area contributed by atoms with Crippen molar-refractivity contribution in [3.05, 3.63) is 93.4 Å². The first-order chi connectivity index (χ1) is 12.5. The Balaban J connectivity index is 2.18. The summed E-state index contributed by atoms with van der Waals surface area (Å²) in [7, 11) is 0. The highest BCUT2D eigenvalue weighted by Gasteiger charge is 2.14. The SMILES string of the molecule is C=CCc1c(C=Cc2ccccc2C)oc2ccc(C(=O)O)cc2c1=O. The second kappa shape index (κ2) is 7.23. The molecule has 0 atom stereocenters. The van der Waals surface area contributed by atoms with Gasteiger partial charge in [-0.3, -0.25) is 4.79 Å². The van der Waals surface area contributed by atoms with Gasteiger partial charge in [-0.1, -0.05) is 36.4 Å². The fourth-order valence-electron chi connectivity index (χ4n) is 2.80. The Morgan fingerprint density at radius 2 is 1.96 bits per heavy atom. The Hall–Kier alpha value is -3.40. The summed E-state index contributed by atoms with van der Waals surface area (Å²) in [6, 6.07) is 12.2. The number of benzene rings is 2. The fourth-order valence-corrected chi connectivity index (χ4v) is 2.80. The number of hydrogen-bond donors (Lipinski definition) is 1. The van der Waals surface area contributed by atoms with Gasteiger partial charge in [-0.15, -0.1) is 6.58 Å². The molecule has 0 aliphatic rings. The standard InChI is InChI=1S/C22H18O4/c1-3-6-17-19(11-9-15-8-5-4-7-14(15)2)26-20-12-10-16(22(24)25)13-18(20)21(17)23/h3-5,7-13H,1,6H2,2H3,(H,24,25). The highest BCUT2D eigenvalue weighted by molar-refractivity contribution is 5.93. The molecule has 4 nitrogen and oxygen atoms in total.